The van der Waals surface area contributed by atoms with Crippen LogP contribution in [0.4, 0.5) is 0 Å². The number of hydrogen-bond acceptors (Lipinski definition) is 2. The second-order valence-corrected chi connectivity index (χ2v) is 5.43. The number of aromatic hydroxyl groups is 1. The molecule has 3 nitrogen and oxygen atoms in total. The molecule has 0 unspecified atom stereocenters. The summed E-state index contributed by atoms with van der Waals surface area (Å²) in [6.07, 6.45) is 0.999. The van der Waals surface area contributed by atoms with E-state index in [0.29, 0.717) is 6.54 Å². The van der Waals surface area contributed by atoms with Crippen LogP contribution in [0.5, 0.6) is 5.75 Å². The number of aryl methyl sites for hydroxylation is 1. The van der Waals surface area contributed by atoms with Crippen molar-refractivity contribution in [2.24, 2.45) is 0 Å². The fourth-order valence-corrected chi connectivity index (χ4v) is 2.22. The lowest BCUT2D eigenvalue weighted by atomic mass is 10.1. The van der Waals surface area contributed by atoms with E-state index in [1.165, 1.54) is 11.6 Å². The van der Waals surface area contributed by atoms with Crippen molar-refractivity contribution >= 4 is 21.8 Å². The van der Waals surface area contributed by atoms with Crippen LogP contribution in [0.2, 0.25) is 0 Å². The van der Waals surface area contributed by atoms with E-state index in [4.69, 9.17) is 0 Å². The number of phenols is 1. The molecule has 0 aromatic heterocycles. The summed E-state index contributed by atoms with van der Waals surface area (Å²) in [4.78, 5) is 12.0. The first-order chi connectivity index (χ1) is 9.60. The Hall–Kier alpha value is -1.81. The van der Waals surface area contributed by atoms with Crippen LogP contribution < -0.4 is 5.32 Å². The molecule has 2 rings (SSSR count). The fraction of sp³-hybridized carbons (Fsp3) is 0.188. The van der Waals surface area contributed by atoms with Crippen LogP contribution in [-0.2, 0) is 13.0 Å². The first kappa shape index (κ1) is 14.6. The zero-order valence-corrected chi connectivity index (χ0v) is 12.8. The number of carbonyl (C=O) groups excluding carboxylic acids is 1. The van der Waals surface area contributed by atoms with Gasteiger partial charge in [0.05, 0.1) is 5.56 Å². The Bertz CT molecular complexity index is 608. The highest BCUT2D eigenvalue weighted by Crippen LogP contribution is 2.21. The lowest BCUT2D eigenvalue weighted by Crippen LogP contribution is -2.22. The number of hydrogen-bond donors (Lipinski definition) is 2. The molecule has 0 saturated carbocycles. The van der Waals surface area contributed by atoms with Gasteiger partial charge >= 0.3 is 0 Å². The molecule has 2 aromatic carbocycles. The molecule has 0 radical (unpaired) electrons. The van der Waals surface area contributed by atoms with E-state index in [9.17, 15) is 9.90 Å². The molecule has 0 bridgehead atoms. The van der Waals surface area contributed by atoms with Crippen LogP contribution >= 0.6 is 15.9 Å². The maximum atomic E-state index is 12.0. The highest BCUT2D eigenvalue weighted by atomic mass is 79.9. The van der Waals surface area contributed by atoms with Gasteiger partial charge in [-0.15, -0.1) is 0 Å². The summed E-state index contributed by atoms with van der Waals surface area (Å²) >= 11 is 3.29. The topological polar surface area (TPSA) is 49.3 Å². The summed E-state index contributed by atoms with van der Waals surface area (Å²) in [6.45, 7) is 2.54. The molecule has 0 heterocycles. The van der Waals surface area contributed by atoms with Crippen molar-refractivity contribution in [1.29, 1.82) is 0 Å². The standard InChI is InChI=1S/C16H16BrNO2/c1-2-11-3-5-12(6-4-11)10-18-16(20)14-9-13(17)7-8-15(14)19/h3-9,19H,2,10H2,1H3,(H,18,20). The predicted molar refractivity (Wildman–Crippen MR) is 82.8 cm³/mol. The molecule has 0 aliphatic rings. The predicted octanol–water partition coefficient (Wildman–Crippen LogP) is 3.65. The Morgan fingerprint density at radius 1 is 1.15 bits per heavy atom. The average molecular weight is 334 g/mol. The van der Waals surface area contributed by atoms with E-state index >= 15 is 0 Å². The SMILES string of the molecule is CCc1ccc(CNC(=O)c2cc(Br)ccc2O)cc1. The molecule has 20 heavy (non-hydrogen) atoms. The monoisotopic (exact) mass is 333 g/mol. The number of halogens is 1. The second kappa shape index (κ2) is 6.57. The lowest BCUT2D eigenvalue weighted by molar-refractivity contribution is 0.0948. The van der Waals surface area contributed by atoms with Crippen LogP contribution in [0.1, 0.15) is 28.4 Å². The van der Waals surface area contributed by atoms with Crippen molar-refractivity contribution in [3.8, 4) is 5.75 Å². The van der Waals surface area contributed by atoms with Crippen LogP contribution in [0.3, 0.4) is 0 Å². The van der Waals surface area contributed by atoms with Crippen molar-refractivity contribution in [2.75, 3.05) is 0 Å². The first-order valence-corrected chi connectivity index (χ1v) is 7.24. The van der Waals surface area contributed by atoms with E-state index in [0.717, 1.165) is 16.5 Å². The maximum Gasteiger partial charge on any atom is 0.255 e. The molecular formula is C16H16BrNO2. The number of amides is 1. The zero-order chi connectivity index (χ0) is 14.5. The third kappa shape index (κ3) is 3.61. The summed E-state index contributed by atoms with van der Waals surface area (Å²) in [5, 5.41) is 12.5. The molecule has 0 aliphatic heterocycles. The van der Waals surface area contributed by atoms with Crippen molar-refractivity contribution in [3.63, 3.8) is 0 Å². The Balaban J connectivity index is 2.02. The van der Waals surface area contributed by atoms with Crippen LogP contribution in [-0.4, -0.2) is 11.0 Å². The molecule has 0 aliphatic carbocycles. The molecule has 2 aromatic rings. The van der Waals surface area contributed by atoms with Gasteiger partial charge in [-0.25, -0.2) is 0 Å². The number of nitrogens with one attached hydrogen (secondary N) is 1. The highest BCUT2D eigenvalue weighted by molar-refractivity contribution is 9.10. The molecule has 0 spiro atoms. The normalized spacial score (nSPS) is 10.3. The van der Waals surface area contributed by atoms with Gasteiger partial charge in [0.2, 0.25) is 0 Å². The van der Waals surface area contributed by atoms with E-state index in [1.54, 1.807) is 12.1 Å². The maximum absolute atomic E-state index is 12.0. The van der Waals surface area contributed by atoms with Crippen molar-refractivity contribution in [3.05, 3.63) is 63.6 Å². The minimum Gasteiger partial charge on any atom is -0.507 e. The molecule has 0 atom stereocenters. The van der Waals surface area contributed by atoms with Crippen molar-refractivity contribution < 1.29 is 9.90 Å². The third-order valence-corrected chi connectivity index (χ3v) is 3.58. The minimum absolute atomic E-state index is 0.0213. The number of benzene rings is 2. The molecule has 0 saturated heterocycles. The fourth-order valence-electron chi connectivity index (χ4n) is 1.86. The summed E-state index contributed by atoms with van der Waals surface area (Å²) in [5.74, 6) is -0.310. The first-order valence-electron chi connectivity index (χ1n) is 6.44. The second-order valence-electron chi connectivity index (χ2n) is 4.51. The average Bonchev–Trinajstić information content (AvgIpc) is 2.47. The van der Waals surface area contributed by atoms with Gasteiger partial charge in [0.15, 0.2) is 0 Å². The summed E-state index contributed by atoms with van der Waals surface area (Å²) in [7, 11) is 0. The molecule has 2 N–H and O–H groups in total. The number of phenolic OH excluding ortho intramolecular Hbond substituents is 1. The Kier molecular flexibility index (Phi) is 4.79. The molecule has 1 amide bonds. The van der Waals surface area contributed by atoms with Gasteiger partial charge in [-0.3, -0.25) is 4.79 Å². The van der Waals surface area contributed by atoms with Crippen molar-refractivity contribution in [2.45, 2.75) is 19.9 Å². The van der Waals surface area contributed by atoms with Crippen LogP contribution in [0, 0.1) is 0 Å². The number of carbonyl (C=O) groups is 1. The Morgan fingerprint density at radius 3 is 2.45 bits per heavy atom. The van der Waals surface area contributed by atoms with Crippen LogP contribution in [0.25, 0.3) is 0 Å². The van der Waals surface area contributed by atoms with Gasteiger partial charge in [0, 0.05) is 11.0 Å². The highest BCUT2D eigenvalue weighted by Gasteiger charge is 2.11. The number of rotatable bonds is 4. The minimum atomic E-state index is -0.289. The van der Waals surface area contributed by atoms with Gasteiger partial charge in [-0.05, 0) is 35.7 Å². The van der Waals surface area contributed by atoms with E-state index in [-0.39, 0.29) is 17.2 Å². The molecular weight excluding hydrogens is 318 g/mol. The largest absolute Gasteiger partial charge is 0.507 e. The third-order valence-electron chi connectivity index (χ3n) is 3.09. The zero-order valence-electron chi connectivity index (χ0n) is 11.2. The van der Waals surface area contributed by atoms with Crippen molar-refractivity contribution in [1.82, 2.24) is 5.32 Å². The summed E-state index contributed by atoms with van der Waals surface area (Å²) < 4.78 is 0.757. The van der Waals surface area contributed by atoms with Crippen LogP contribution in [0.15, 0.2) is 46.9 Å². The quantitative estimate of drug-likeness (QED) is 0.897. The van der Waals surface area contributed by atoms with E-state index in [2.05, 4.69) is 40.3 Å². The van der Waals surface area contributed by atoms with Gasteiger partial charge in [0.25, 0.3) is 5.91 Å². The van der Waals surface area contributed by atoms with Gasteiger partial charge in [-0.1, -0.05) is 47.1 Å². The van der Waals surface area contributed by atoms with E-state index < -0.39 is 0 Å². The van der Waals surface area contributed by atoms with Gasteiger partial charge in [-0.2, -0.15) is 0 Å². The smallest absolute Gasteiger partial charge is 0.255 e. The van der Waals surface area contributed by atoms with E-state index in [1.807, 2.05) is 12.1 Å². The summed E-state index contributed by atoms with van der Waals surface area (Å²) in [5.41, 5.74) is 2.57. The lowest BCUT2D eigenvalue weighted by Gasteiger charge is -2.08. The Labute approximate surface area is 126 Å². The molecule has 0 fully saturated rings. The Morgan fingerprint density at radius 2 is 1.80 bits per heavy atom. The molecule has 104 valence electrons. The summed E-state index contributed by atoms with van der Waals surface area (Å²) in [6, 6.07) is 12.9. The molecule has 4 heteroatoms. The van der Waals surface area contributed by atoms with Gasteiger partial charge in [0.1, 0.15) is 5.75 Å². The van der Waals surface area contributed by atoms with Gasteiger partial charge < -0.3 is 10.4 Å².